The van der Waals surface area contributed by atoms with Gasteiger partial charge in [0.1, 0.15) is 5.75 Å². The first-order chi connectivity index (χ1) is 10.8. The van der Waals surface area contributed by atoms with E-state index in [1.165, 1.54) is 0 Å². The van der Waals surface area contributed by atoms with Crippen LogP contribution in [0.5, 0.6) is 5.75 Å². The van der Waals surface area contributed by atoms with Gasteiger partial charge in [0.05, 0.1) is 11.6 Å². The molecule has 0 aliphatic carbocycles. The summed E-state index contributed by atoms with van der Waals surface area (Å²) in [6.45, 7) is 7.92. The fraction of sp³-hybridized carbons (Fsp3) is 0.333. The van der Waals surface area contributed by atoms with Crippen LogP contribution in [0.2, 0.25) is 10.0 Å². The van der Waals surface area contributed by atoms with Crippen LogP contribution in [0.4, 0.5) is 0 Å². The average Bonchev–Trinajstić information content (AvgIpc) is 2.45. The third kappa shape index (κ3) is 9.78. The minimum atomic E-state index is -1.82. The Morgan fingerprint density at radius 1 is 1.30 bits per heavy atom. The van der Waals surface area contributed by atoms with E-state index in [2.05, 4.69) is 11.9 Å². The molecular weight excluding hydrogens is 345 g/mol. The molecular formula is C15H19Cl2NO5. The fourth-order valence-corrected chi connectivity index (χ4v) is 2.10. The zero-order valence-electron chi connectivity index (χ0n) is 12.6. The smallest absolute Gasteiger partial charge is 0.414 e. The number of hydrogen-bond donors (Lipinski definition) is 3. The van der Waals surface area contributed by atoms with Crippen LogP contribution in [0.25, 0.3) is 0 Å². The summed E-state index contributed by atoms with van der Waals surface area (Å²) in [5, 5.41) is 19.2. The van der Waals surface area contributed by atoms with Crippen molar-refractivity contribution in [2.75, 3.05) is 19.7 Å². The summed E-state index contributed by atoms with van der Waals surface area (Å²) >= 11 is 11.9. The van der Waals surface area contributed by atoms with Crippen LogP contribution in [-0.4, -0.2) is 41.8 Å². The summed E-state index contributed by atoms with van der Waals surface area (Å²) in [7, 11) is 0. The zero-order chi connectivity index (χ0) is 17.8. The van der Waals surface area contributed by atoms with Crippen LogP contribution < -0.4 is 10.1 Å². The van der Waals surface area contributed by atoms with Gasteiger partial charge >= 0.3 is 11.9 Å². The van der Waals surface area contributed by atoms with Gasteiger partial charge in [0, 0.05) is 11.6 Å². The molecule has 0 aliphatic rings. The molecule has 1 aromatic carbocycles. The molecule has 3 N–H and O–H groups in total. The molecule has 1 aromatic rings. The summed E-state index contributed by atoms with van der Waals surface area (Å²) in [4.78, 5) is 18.2. The van der Waals surface area contributed by atoms with Crippen LogP contribution >= 0.6 is 23.2 Å². The summed E-state index contributed by atoms with van der Waals surface area (Å²) in [6, 6.07) is 3.54. The molecule has 0 radical (unpaired) electrons. The summed E-state index contributed by atoms with van der Waals surface area (Å²) in [5.74, 6) is -2.93. The van der Waals surface area contributed by atoms with Gasteiger partial charge in [-0.3, -0.25) is 0 Å². The van der Waals surface area contributed by atoms with Gasteiger partial charge in [0.25, 0.3) is 0 Å². The maximum absolute atomic E-state index is 9.10. The van der Waals surface area contributed by atoms with Crippen LogP contribution in [0.15, 0.2) is 24.8 Å². The number of ether oxygens (including phenoxy) is 1. The Balaban J connectivity index is 0.000000688. The molecule has 23 heavy (non-hydrogen) atoms. The Bertz CT molecular complexity index is 514. The normalized spacial score (nSPS) is 9.52. The minimum Gasteiger partial charge on any atom is -0.492 e. The SMILES string of the molecule is C=CCNCCCOc1c(C)cc(Cl)cc1Cl.O=C(O)C(=O)O. The van der Waals surface area contributed by atoms with Crippen LogP contribution in [0, 0.1) is 6.92 Å². The zero-order valence-corrected chi connectivity index (χ0v) is 14.2. The number of nitrogens with one attached hydrogen (secondary N) is 1. The Morgan fingerprint density at radius 2 is 1.91 bits per heavy atom. The molecule has 8 heteroatoms. The van der Waals surface area contributed by atoms with E-state index in [1.54, 1.807) is 6.07 Å². The van der Waals surface area contributed by atoms with Crippen molar-refractivity contribution in [1.29, 1.82) is 0 Å². The lowest BCUT2D eigenvalue weighted by Crippen LogP contribution is -2.17. The molecule has 0 spiro atoms. The van der Waals surface area contributed by atoms with Crippen molar-refractivity contribution in [3.05, 3.63) is 40.4 Å². The van der Waals surface area contributed by atoms with Gasteiger partial charge in [-0.2, -0.15) is 0 Å². The largest absolute Gasteiger partial charge is 0.492 e. The first-order valence-corrected chi connectivity index (χ1v) is 7.41. The number of benzene rings is 1. The predicted molar refractivity (Wildman–Crippen MR) is 89.6 cm³/mol. The molecule has 128 valence electrons. The van der Waals surface area contributed by atoms with E-state index in [0.29, 0.717) is 16.7 Å². The molecule has 0 aromatic heterocycles. The number of rotatable bonds is 7. The second-order valence-corrected chi connectivity index (χ2v) is 5.18. The minimum absolute atomic E-state index is 0.564. The van der Waals surface area contributed by atoms with Crippen LogP contribution in [0.3, 0.4) is 0 Å². The molecule has 0 saturated carbocycles. The Kier molecular flexibility index (Phi) is 10.9. The Hall–Kier alpha value is -1.76. The average molecular weight is 364 g/mol. The summed E-state index contributed by atoms with van der Waals surface area (Å²) < 4.78 is 5.65. The Labute approximate surface area is 144 Å². The van der Waals surface area contributed by atoms with E-state index in [4.69, 9.17) is 47.7 Å². The maximum Gasteiger partial charge on any atom is 0.414 e. The number of aryl methyl sites for hydroxylation is 1. The molecule has 6 nitrogen and oxygen atoms in total. The highest BCUT2D eigenvalue weighted by Crippen LogP contribution is 2.31. The van der Waals surface area contributed by atoms with Crippen molar-refractivity contribution in [1.82, 2.24) is 5.32 Å². The molecule has 0 atom stereocenters. The van der Waals surface area contributed by atoms with Gasteiger partial charge < -0.3 is 20.3 Å². The van der Waals surface area contributed by atoms with Crippen molar-refractivity contribution in [3.63, 3.8) is 0 Å². The van der Waals surface area contributed by atoms with Gasteiger partial charge in [0.15, 0.2) is 0 Å². The fourth-order valence-electron chi connectivity index (χ4n) is 1.45. The lowest BCUT2D eigenvalue weighted by molar-refractivity contribution is -0.159. The van der Waals surface area contributed by atoms with Gasteiger partial charge in [0.2, 0.25) is 0 Å². The number of aliphatic carboxylic acids is 2. The monoisotopic (exact) mass is 363 g/mol. The van der Waals surface area contributed by atoms with Crippen LogP contribution in [-0.2, 0) is 9.59 Å². The number of halogens is 2. The number of hydrogen-bond acceptors (Lipinski definition) is 4. The highest BCUT2D eigenvalue weighted by Gasteiger charge is 2.07. The first kappa shape index (κ1) is 21.2. The van der Waals surface area contributed by atoms with Crippen molar-refractivity contribution in [3.8, 4) is 5.75 Å². The summed E-state index contributed by atoms with van der Waals surface area (Å²) in [5.41, 5.74) is 0.960. The molecule has 1 rings (SSSR count). The topological polar surface area (TPSA) is 95.9 Å². The maximum atomic E-state index is 9.10. The molecule has 0 unspecified atom stereocenters. The van der Waals surface area contributed by atoms with E-state index in [0.717, 1.165) is 30.8 Å². The quantitative estimate of drug-likeness (QED) is 0.391. The van der Waals surface area contributed by atoms with Crippen LogP contribution in [0.1, 0.15) is 12.0 Å². The molecule has 0 bridgehead atoms. The predicted octanol–water partition coefficient (Wildman–Crippen LogP) is 3.00. The van der Waals surface area contributed by atoms with Crippen molar-refractivity contribution in [2.45, 2.75) is 13.3 Å². The van der Waals surface area contributed by atoms with E-state index in [9.17, 15) is 0 Å². The lowest BCUT2D eigenvalue weighted by atomic mass is 10.2. The number of carbonyl (C=O) groups is 2. The highest BCUT2D eigenvalue weighted by atomic mass is 35.5. The lowest BCUT2D eigenvalue weighted by Gasteiger charge is -2.11. The van der Waals surface area contributed by atoms with E-state index >= 15 is 0 Å². The van der Waals surface area contributed by atoms with Gasteiger partial charge in [-0.15, -0.1) is 6.58 Å². The first-order valence-electron chi connectivity index (χ1n) is 6.65. The number of carboxylic acids is 2. The Morgan fingerprint density at radius 3 is 2.39 bits per heavy atom. The highest BCUT2D eigenvalue weighted by molar-refractivity contribution is 6.35. The van der Waals surface area contributed by atoms with E-state index in [1.807, 2.05) is 19.1 Å². The van der Waals surface area contributed by atoms with Crippen molar-refractivity contribution < 1.29 is 24.5 Å². The summed E-state index contributed by atoms with van der Waals surface area (Å²) in [6.07, 6.45) is 2.76. The van der Waals surface area contributed by atoms with Gasteiger partial charge in [-0.1, -0.05) is 29.3 Å². The molecule has 0 saturated heterocycles. The third-order valence-corrected chi connectivity index (χ3v) is 2.91. The van der Waals surface area contributed by atoms with E-state index < -0.39 is 11.9 Å². The second-order valence-electron chi connectivity index (χ2n) is 4.34. The second kappa shape index (κ2) is 11.8. The third-order valence-electron chi connectivity index (χ3n) is 2.41. The molecule has 0 amide bonds. The van der Waals surface area contributed by atoms with Crippen molar-refractivity contribution >= 4 is 35.1 Å². The molecule has 0 fully saturated rings. The van der Waals surface area contributed by atoms with Gasteiger partial charge in [-0.05, 0) is 37.6 Å². The van der Waals surface area contributed by atoms with E-state index in [-0.39, 0.29) is 0 Å². The molecule has 0 aliphatic heterocycles. The molecule has 0 heterocycles. The van der Waals surface area contributed by atoms with Crippen molar-refractivity contribution in [2.24, 2.45) is 0 Å². The number of carboxylic acid groups (broad SMARTS) is 2. The standard InChI is InChI=1S/C13H17Cl2NO.C2H2O4/c1-3-5-16-6-4-7-17-13-10(2)8-11(14)9-12(13)15;3-1(4)2(5)6/h3,8-9,16H,1,4-7H2,2H3;(H,3,4)(H,5,6). The van der Waals surface area contributed by atoms with Gasteiger partial charge in [-0.25, -0.2) is 9.59 Å².